The standard InChI is InChI=1S/C32H32N4O4/c1-37-23-7-6-22(28(14-23)38-2)16-35-30-26-4-3-5-27(25(26)8-10-34-30)40-21-32-17-31(18-32,19-32)20-39-24-9-12-36-13-11-33-29(36)15-24/h3-15H,16-21H2,1-2H3,(H,34,35). The zero-order valence-corrected chi connectivity index (χ0v) is 22.7. The highest BCUT2D eigenvalue weighted by Crippen LogP contribution is 2.73. The summed E-state index contributed by atoms with van der Waals surface area (Å²) in [6.07, 6.45) is 11.0. The second kappa shape index (κ2) is 9.62. The number of pyridine rings is 2. The lowest BCUT2D eigenvalue weighted by molar-refractivity contribution is -0.231. The SMILES string of the molecule is COc1ccc(CNc2nccc3c(OCC45CC(COc6ccn7ccnc7c6)(C4)C5)cccc23)c(OC)c1. The molecule has 3 saturated carbocycles. The highest BCUT2D eigenvalue weighted by molar-refractivity contribution is 5.95. The Kier molecular flexibility index (Phi) is 5.91. The Hall–Kier alpha value is -4.46. The van der Waals surface area contributed by atoms with E-state index >= 15 is 0 Å². The van der Waals surface area contributed by atoms with E-state index in [-0.39, 0.29) is 10.8 Å². The molecule has 40 heavy (non-hydrogen) atoms. The molecule has 0 spiro atoms. The van der Waals surface area contributed by atoms with Gasteiger partial charge in [-0.05, 0) is 49.6 Å². The average Bonchev–Trinajstić information content (AvgIpc) is 3.42. The van der Waals surface area contributed by atoms with E-state index in [9.17, 15) is 0 Å². The fourth-order valence-electron chi connectivity index (χ4n) is 6.61. The summed E-state index contributed by atoms with van der Waals surface area (Å²) < 4.78 is 25.5. The summed E-state index contributed by atoms with van der Waals surface area (Å²) >= 11 is 0. The summed E-state index contributed by atoms with van der Waals surface area (Å²) in [5.74, 6) is 4.13. The van der Waals surface area contributed by atoms with Crippen LogP contribution in [0.15, 0.2) is 79.4 Å². The molecule has 8 nitrogen and oxygen atoms in total. The fraction of sp³-hybridized carbons (Fsp3) is 0.312. The highest BCUT2D eigenvalue weighted by Gasteiger charge is 2.68. The largest absolute Gasteiger partial charge is 0.497 e. The Morgan fingerprint density at radius 2 is 1.62 bits per heavy atom. The normalized spacial score (nSPS) is 20.9. The van der Waals surface area contributed by atoms with Gasteiger partial charge in [-0.3, -0.25) is 0 Å². The molecule has 2 aromatic carbocycles. The van der Waals surface area contributed by atoms with E-state index in [2.05, 4.69) is 27.4 Å². The number of hydrogen-bond acceptors (Lipinski definition) is 7. The van der Waals surface area contributed by atoms with Crippen molar-refractivity contribution in [2.45, 2.75) is 25.8 Å². The van der Waals surface area contributed by atoms with Gasteiger partial charge in [0.05, 0.1) is 27.4 Å². The molecule has 0 atom stereocenters. The van der Waals surface area contributed by atoms with Gasteiger partial charge in [0.15, 0.2) is 0 Å². The third-order valence-electron chi connectivity index (χ3n) is 8.40. The van der Waals surface area contributed by atoms with Crippen LogP contribution >= 0.6 is 0 Å². The first-order valence-electron chi connectivity index (χ1n) is 13.6. The van der Waals surface area contributed by atoms with Crippen LogP contribution in [0, 0.1) is 10.8 Å². The van der Waals surface area contributed by atoms with Gasteiger partial charge in [-0.15, -0.1) is 0 Å². The third-order valence-corrected chi connectivity index (χ3v) is 8.40. The van der Waals surface area contributed by atoms with Crippen LogP contribution in [0.5, 0.6) is 23.0 Å². The second-order valence-electron chi connectivity index (χ2n) is 11.2. The van der Waals surface area contributed by atoms with Crippen LogP contribution < -0.4 is 24.3 Å². The fourth-order valence-corrected chi connectivity index (χ4v) is 6.61. The van der Waals surface area contributed by atoms with Crippen LogP contribution in [-0.4, -0.2) is 41.8 Å². The molecule has 8 heteroatoms. The second-order valence-corrected chi connectivity index (χ2v) is 11.2. The Balaban J connectivity index is 0.975. The van der Waals surface area contributed by atoms with Crippen LogP contribution in [0.3, 0.4) is 0 Å². The van der Waals surface area contributed by atoms with Crippen LogP contribution in [0.25, 0.3) is 16.4 Å². The maximum atomic E-state index is 6.45. The molecule has 0 amide bonds. The Morgan fingerprint density at radius 3 is 2.45 bits per heavy atom. The van der Waals surface area contributed by atoms with Crippen molar-refractivity contribution in [1.29, 1.82) is 0 Å². The molecule has 0 saturated heterocycles. The lowest BCUT2D eigenvalue weighted by atomic mass is 9.35. The van der Waals surface area contributed by atoms with Crippen LogP contribution in [-0.2, 0) is 6.54 Å². The number of hydrogen-bond donors (Lipinski definition) is 1. The lowest BCUT2D eigenvalue weighted by Gasteiger charge is -2.70. The Labute approximate surface area is 232 Å². The summed E-state index contributed by atoms with van der Waals surface area (Å²) in [6.45, 7) is 2.05. The summed E-state index contributed by atoms with van der Waals surface area (Å²) in [6, 6.07) is 18.0. The van der Waals surface area contributed by atoms with Crippen LogP contribution in [0.4, 0.5) is 5.82 Å². The van der Waals surface area contributed by atoms with Gasteiger partial charge in [0.25, 0.3) is 0 Å². The van der Waals surface area contributed by atoms with Crippen molar-refractivity contribution in [3.8, 4) is 23.0 Å². The minimum atomic E-state index is 0.262. The number of nitrogens with one attached hydrogen (secondary N) is 1. The van der Waals surface area contributed by atoms with Gasteiger partial charge in [-0.1, -0.05) is 12.1 Å². The first-order chi connectivity index (χ1) is 19.6. The molecule has 3 heterocycles. The van der Waals surface area contributed by atoms with E-state index in [1.807, 2.05) is 65.5 Å². The van der Waals surface area contributed by atoms with E-state index in [1.54, 1.807) is 20.4 Å². The number of imidazole rings is 1. The van der Waals surface area contributed by atoms with Gasteiger partial charge in [0.1, 0.15) is 34.5 Å². The maximum Gasteiger partial charge on any atom is 0.140 e. The Bertz CT molecular complexity index is 1680. The molecular weight excluding hydrogens is 504 g/mol. The van der Waals surface area contributed by atoms with Crippen LogP contribution in [0.1, 0.15) is 24.8 Å². The average molecular weight is 537 g/mol. The zero-order valence-electron chi connectivity index (χ0n) is 22.7. The molecule has 5 aromatic rings. The van der Waals surface area contributed by atoms with Crippen molar-refractivity contribution < 1.29 is 18.9 Å². The quantitative estimate of drug-likeness (QED) is 0.217. The summed E-state index contributed by atoms with van der Waals surface area (Å²) in [5, 5.41) is 5.57. The first kappa shape index (κ1) is 24.6. The van der Waals surface area contributed by atoms with Gasteiger partial charge in [0, 0.05) is 70.6 Å². The van der Waals surface area contributed by atoms with E-state index in [0.717, 1.165) is 83.3 Å². The van der Waals surface area contributed by atoms with Gasteiger partial charge >= 0.3 is 0 Å². The molecule has 2 bridgehead atoms. The number of benzene rings is 2. The van der Waals surface area contributed by atoms with E-state index in [4.69, 9.17) is 18.9 Å². The van der Waals surface area contributed by atoms with Crippen molar-refractivity contribution in [2.75, 3.05) is 32.8 Å². The third kappa shape index (κ3) is 4.33. The smallest absolute Gasteiger partial charge is 0.140 e. The van der Waals surface area contributed by atoms with Crippen molar-refractivity contribution in [3.63, 3.8) is 0 Å². The molecule has 0 radical (unpaired) electrons. The number of rotatable bonds is 11. The number of fused-ring (bicyclic) bond motifs is 2. The minimum absolute atomic E-state index is 0.262. The van der Waals surface area contributed by atoms with Crippen molar-refractivity contribution in [2.24, 2.45) is 10.8 Å². The number of anilines is 1. The maximum absolute atomic E-state index is 6.45. The van der Waals surface area contributed by atoms with Crippen molar-refractivity contribution in [3.05, 3.63) is 84.9 Å². The number of aromatic nitrogens is 3. The van der Waals surface area contributed by atoms with Crippen molar-refractivity contribution >= 4 is 22.2 Å². The van der Waals surface area contributed by atoms with Crippen molar-refractivity contribution in [1.82, 2.24) is 14.4 Å². The highest BCUT2D eigenvalue weighted by atomic mass is 16.5. The van der Waals surface area contributed by atoms with E-state index < -0.39 is 0 Å². The molecule has 204 valence electrons. The minimum Gasteiger partial charge on any atom is -0.497 e. The van der Waals surface area contributed by atoms with Gasteiger partial charge < -0.3 is 28.7 Å². The summed E-state index contributed by atoms with van der Waals surface area (Å²) in [4.78, 5) is 8.96. The molecule has 3 aromatic heterocycles. The summed E-state index contributed by atoms with van der Waals surface area (Å²) in [7, 11) is 3.32. The van der Waals surface area contributed by atoms with Gasteiger partial charge in [0.2, 0.25) is 0 Å². The van der Waals surface area contributed by atoms with Gasteiger partial charge in [-0.2, -0.15) is 0 Å². The van der Waals surface area contributed by atoms with Crippen LogP contribution in [0.2, 0.25) is 0 Å². The summed E-state index contributed by atoms with van der Waals surface area (Å²) in [5.41, 5.74) is 2.48. The first-order valence-corrected chi connectivity index (χ1v) is 13.6. The molecule has 8 rings (SSSR count). The predicted molar refractivity (Wildman–Crippen MR) is 154 cm³/mol. The zero-order chi connectivity index (χ0) is 27.2. The monoisotopic (exact) mass is 536 g/mol. The van der Waals surface area contributed by atoms with E-state index in [0.29, 0.717) is 6.54 Å². The number of ether oxygens (including phenoxy) is 4. The Morgan fingerprint density at radius 1 is 0.775 bits per heavy atom. The molecule has 0 unspecified atom stereocenters. The predicted octanol–water partition coefficient (Wildman–Crippen LogP) is 6.14. The molecule has 3 aliphatic rings. The number of methoxy groups -OCH3 is 2. The van der Waals surface area contributed by atoms with E-state index in [1.165, 1.54) is 0 Å². The van der Waals surface area contributed by atoms with Gasteiger partial charge in [-0.25, -0.2) is 9.97 Å². The molecule has 0 aliphatic heterocycles. The molecule has 1 N–H and O–H groups in total. The molecule has 3 fully saturated rings. The molecule has 3 aliphatic carbocycles. The topological polar surface area (TPSA) is 79.1 Å². The lowest BCUT2D eigenvalue weighted by Crippen LogP contribution is -2.66. The number of nitrogens with zero attached hydrogens (tertiary/aromatic N) is 3. The molecular formula is C32H32N4O4.